The van der Waals surface area contributed by atoms with Crippen LogP contribution in [0, 0.1) is 0 Å². The molecule has 1 N–H and O–H groups in total. The van der Waals surface area contributed by atoms with Crippen molar-refractivity contribution in [2.24, 2.45) is 0 Å². The molecular weight excluding hydrogens is 198 g/mol. The summed E-state index contributed by atoms with van der Waals surface area (Å²) in [6, 6.07) is 9.16. The second-order valence-electron chi connectivity index (χ2n) is 3.19. The number of amides is 1. The lowest BCUT2D eigenvalue weighted by Crippen LogP contribution is -2.25. The first-order valence-corrected chi connectivity index (χ1v) is 5.11. The molecule has 0 saturated heterocycles. The van der Waals surface area contributed by atoms with E-state index in [1.165, 1.54) is 0 Å². The molecule has 0 fully saturated rings. The second kappa shape index (κ2) is 5.66. The number of hydrogen-bond acceptors (Lipinski definition) is 1. The molecule has 0 aliphatic heterocycles. The van der Waals surface area contributed by atoms with E-state index in [-0.39, 0.29) is 11.3 Å². The van der Waals surface area contributed by atoms with Gasteiger partial charge in [-0.3, -0.25) is 4.79 Å². The SMILES string of the molecule is CC(Cl)CCNC(=O)c1ccccc1. The van der Waals surface area contributed by atoms with Gasteiger partial charge in [0.2, 0.25) is 0 Å². The van der Waals surface area contributed by atoms with Crippen molar-refractivity contribution in [1.82, 2.24) is 5.32 Å². The van der Waals surface area contributed by atoms with Gasteiger partial charge in [0.1, 0.15) is 0 Å². The molecule has 76 valence electrons. The Labute approximate surface area is 89.3 Å². The highest BCUT2D eigenvalue weighted by molar-refractivity contribution is 6.20. The van der Waals surface area contributed by atoms with Crippen LogP contribution in [0.4, 0.5) is 0 Å². The summed E-state index contributed by atoms with van der Waals surface area (Å²) in [5.41, 5.74) is 0.690. The van der Waals surface area contributed by atoms with Crippen LogP contribution in [-0.2, 0) is 0 Å². The fraction of sp³-hybridized carbons (Fsp3) is 0.364. The van der Waals surface area contributed by atoms with E-state index in [2.05, 4.69) is 5.32 Å². The Morgan fingerprint density at radius 2 is 2.07 bits per heavy atom. The van der Waals surface area contributed by atoms with Crippen LogP contribution in [0.2, 0.25) is 0 Å². The number of carbonyl (C=O) groups excluding carboxylic acids is 1. The van der Waals surface area contributed by atoms with Crippen LogP contribution in [0.3, 0.4) is 0 Å². The minimum Gasteiger partial charge on any atom is -0.352 e. The molecule has 0 heterocycles. The number of benzene rings is 1. The van der Waals surface area contributed by atoms with E-state index in [1.54, 1.807) is 12.1 Å². The Bertz CT molecular complexity index is 285. The van der Waals surface area contributed by atoms with E-state index >= 15 is 0 Å². The predicted octanol–water partition coefficient (Wildman–Crippen LogP) is 2.43. The van der Waals surface area contributed by atoms with E-state index in [4.69, 9.17) is 11.6 Å². The first-order chi connectivity index (χ1) is 6.70. The van der Waals surface area contributed by atoms with Crippen LogP contribution in [-0.4, -0.2) is 17.8 Å². The predicted molar refractivity (Wildman–Crippen MR) is 58.7 cm³/mol. The number of alkyl halides is 1. The molecule has 1 amide bonds. The smallest absolute Gasteiger partial charge is 0.251 e. The lowest BCUT2D eigenvalue weighted by atomic mass is 10.2. The molecule has 0 spiro atoms. The van der Waals surface area contributed by atoms with Crippen LogP contribution in [0.5, 0.6) is 0 Å². The van der Waals surface area contributed by atoms with Gasteiger partial charge in [-0.05, 0) is 25.5 Å². The van der Waals surface area contributed by atoms with E-state index in [9.17, 15) is 4.79 Å². The van der Waals surface area contributed by atoms with E-state index in [0.29, 0.717) is 12.1 Å². The first-order valence-electron chi connectivity index (χ1n) is 4.67. The summed E-state index contributed by atoms with van der Waals surface area (Å²) in [5.74, 6) is -0.0390. The molecular formula is C11H14ClNO. The summed E-state index contributed by atoms with van der Waals surface area (Å²) in [6.07, 6.45) is 0.792. The Morgan fingerprint density at radius 3 is 2.64 bits per heavy atom. The van der Waals surface area contributed by atoms with Crippen molar-refractivity contribution in [3.8, 4) is 0 Å². The number of hydrogen-bond donors (Lipinski definition) is 1. The normalized spacial score (nSPS) is 12.1. The van der Waals surface area contributed by atoms with Gasteiger partial charge in [-0.2, -0.15) is 0 Å². The van der Waals surface area contributed by atoms with Crippen molar-refractivity contribution in [3.05, 3.63) is 35.9 Å². The lowest BCUT2D eigenvalue weighted by Gasteiger charge is -2.05. The summed E-state index contributed by atoms with van der Waals surface area (Å²) < 4.78 is 0. The maximum absolute atomic E-state index is 11.5. The molecule has 3 heteroatoms. The molecule has 1 atom stereocenters. The van der Waals surface area contributed by atoms with Gasteiger partial charge in [0.05, 0.1) is 0 Å². The second-order valence-corrected chi connectivity index (χ2v) is 3.94. The Morgan fingerprint density at radius 1 is 1.43 bits per heavy atom. The van der Waals surface area contributed by atoms with Gasteiger partial charge in [-0.1, -0.05) is 18.2 Å². The van der Waals surface area contributed by atoms with Crippen LogP contribution in [0.15, 0.2) is 30.3 Å². The maximum Gasteiger partial charge on any atom is 0.251 e. The van der Waals surface area contributed by atoms with Crippen molar-refractivity contribution >= 4 is 17.5 Å². The van der Waals surface area contributed by atoms with Crippen molar-refractivity contribution in [2.75, 3.05) is 6.54 Å². The minimum absolute atomic E-state index is 0.0390. The third-order valence-electron chi connectivity index (χ3n) is 1.86. The largest absolute Gasteiger partial charge is 0.352 e. The molecule has 0 aliphatic rings. The molecule has 0 radical (unpaired) electrons. The van der Waals surface area contributed by atoms with Gasteiger partial charge < -0.3 is 5.32 Å². The maximum atomic E-state index is 11.5. The number of nitrogens with one attached hydrogen (secondary N) is 1. The summed E-state index contributed by atoms with van der Waals surface area (Å²) in [7, 11) is 0. The standard InChI is InChI=1S/C11H14ClNO/c1-9(12)7-8-13-11(14)10-5-3-2-4-6-10/h2-6,9H,7-8H2,1H3,(H,13,14). The van der Waals surface area contributed by atoms with Crippen LogP contribution >= 0.6 is 11.6 Å². The van der Waals surface area contributed by atoms with Crippen LogP contribution in [0.25, 0.3) is 0 Å². The molecule has 0 aliphatic carbocycles. The summed E-state index contributed by atoms with van der Waals surface area (Å²) >= 11 is 5.76. The Balaban J connectivity index is 2.36. The van der Waals surface area contributed by atoms with E-state index in [1.807, 2.05) is 25.1 Å². The topological polar surface area (TPSA) is 29.1 Å². The van der Waals surface area contributed by atoms with Gasteiger partial charge >= 0.3 is 0 Å². The van der Waals surface area contributed by atoms with Gasteiger partial charge in [0.15, 0.2) is 0 Å². The molecule has 1 aromatic rings. The number of rotatable bonds is 4. The fourth-order valence-corrected chi connectivity index (χ4v) is 1.19. The van der Waals surface area contributed by atoms with Crippen LogP contribution < -0.4 is 5.32 Å². The van der Waals surface area contributed by atoms with Crippen molar-refractivity contribution < 1.29 is 4.79 Å². The number of halogens is 1. The highest BCUT2D eigenvalue weighted by atomic mass is 35.5. The Hall–Kier alpha value is -1.02. The van der Waals surface area contributed by atoms with Gasteiger partial charge in [-0.15, -0.1) is 11.6 Å². The summed E-state index contributed by atoms with van der Waals surface area (Å²) in [5, 5.41) is 2.91. The van der Waals surface area contributed by atoms with Crippen LogP contribution in [0.1, 0.15) is 23.7 Å². The fourth-order valence-electron chi connectivity index (χ4n) is 1.08. The molecule has 0 bridgehead atoms. The molecule has 1 aromatic carbocycles. The zero-order valence-electron chi connectivity index (χ0n) is 8.16. The van der Waals surface area contributed by atoms with E-state index < -0.39 is 0 Å². The summed E-state index contributed by atoms with van der Waals surface area (Å²) in [4.78, 5) is 11.5. The van der Waals surface area contributed by atoms with Gasteiger partial charge in [-0.25, -0.2) is 0 Å². The molecule has 0 saturated carbocycles. The zero-order valence-corrected chi connectivity index (χ0v) is 8.92. The number of carbonyl (C=O) groups is 1. The average molecular weight is 212 g/mol. The monoisotopic (exact) mass is 211 g/mol. The Kier molecular flexibility index (Phi) is 4.47. The molecule has 14 heavy (non-hydrogen) atoms. The third kappa shape index (κ3) is 3.79. The quantitative estimate of drug-likeness (QED) is 0.762. The van der Waals surface area contributed by atoms with Crippen molar-refractivity contribution in [1.29, 1.82) is 0 Å². The lowest BCUT2D eigenvalue weighted by molar-refractivity contribution is 0.0953. The zero-order chi connectivity index (χ0) is 10.4. The molecule has 2 nitrogen and oxygen atoms in total. The third-order valence-corrected chi connectivity index (χ3v) is 2.08. The minimum atomic E-state index is -0.0390. The first kappa shape index (κ1) is 11.1. The van der Waals surface area contributed by atoms with Gasteiger partial charge in [0.25, 0.3) is 5.91 Å². The highest BCUT2D eigenvalue weighted by Gasteiger charge is 2.03. The van der Waals surface area contributed by atoms with Crippen molar-refractivity contribution in [3.63, 3.8) is 0 Å². The average Bonchev–Trinajstić information content (AvgIpc) is 2.18. The van der Waals surface area contributed by atoms with E-state index in [0.717, 1.165) is 6.42 Å². The van der Waals surface area contributed by atoms with Crippen molar-refractivity contribution in [2.45, 2.75) is 18.7 Å². The molecule has 1 rings (SSSR count). The molecule has 0 aromatic heterocycles. The highest BCUT2D eigenvalue weighted by Crippen LogP contribution is 2.00. The van der Waals surface area contributed by atoms with Gasteiger partial charge in [0, 0.05) is 17.5 Å². The molecule has 1 unspecified atom stereocenters. The summed E-state index contributed by atoms with van der Waals surface area (Å²) in [6.45, 7) is 2.54.